The maximum absolute atomic E-state index is 13.3. The number of carbonyl (C=O) groups excluding carboxylic acids is 1. The summed E-state index contributed by atoms with van der Waals surface area (Å²) in [6.07, 6.45) is 0.737. The number of rotatable bonds is 5. The molecule has 0 aromatic heterocycles. The second kappa shape index (κ2) is 11.4. The van der Waals surface area contributed by atoms with Crippen LogP contribution >= 0.6 is 0 Å². The van der Waals surface area contributed by atoms with E-state index in [0.717, 1.165) is 6.26 Å². The van der Waals surface area contributed by atoms with Crippen molar-refractivity contribution in [1.29, 1.82) is 0 Å². The quantitative estimate of drug-likeness (QED) is 0.604. The molecule has 3 rings (SSSR count). The van der Waals surface area contributed by atoms with Crippen LogP contribution in [0.1, 0.15) is 29.8 Å². The molecule has 1 aliphatic rings. The van der Waals surface area contributed by atoms with Crippen LogP contribution in [0, 0.1) is 12.8 Å². The average molecular weight is 554 g/mol. The van der Waals surface area contributed by atoms with Crippen molar-refractivity contribution in [2.24, 2.45) is 5.92 Å². The number of nitrogens with zero attached hydrogens (tertiary/aromatic N) is 2. The van der Waals surface area contributed by atoms with E-state index in [1.165, 1.54) is 40.6 Å². The van der Waals surface area contributed by atoms with Crippen LogP contribution in [-0.4, -0.2) is 84.2 Å². The van der Waals surface area contributed by atoms with E-state index >= 15 is 0 Å². The van der Waals surface area contributed by atoms with Crippen molar-refractivity contribution in [2.75, 3.05) is 44.8 Å². The van der Waals surface area contributed by atoms with E-state index in [4.69, 9.17) is 9.47 Å². The van der Waals surface area contributed by atoms with Gasteiger partial charge in [-0.05, 0) is 43.5 Å². The molecule has 0 radical (unpaired) electrons. The highest BCUT2D eigenvalue weighted by molar-refractivity contribution is 7.92. The van der Waals surface area contributed by atoms with E-state index in [0.29, 0.717) is 5.56 Å². The van der Waals surface area contributed by atoms with Gasteiger partial charge in [-0.2, -0.15) is 4.31 Å². The van der Waals surface area contributed by atoms with Gasteiger partial charge >= 0.3 is 0 Å². The fourth-order valence-electron chi connectivity index (χ4n) is 4.33. The van der Waals surface area contributed by atoms with Gasteiger partial charge in [0.15, 0.2) is 0 Å². The lowest BCUT2D eigenvalue weighted by atomic mass is 10.0. The number of aryl methyl sites for hydroxylation is 1. The molecule has 12 heteroatoms. The van der Waals surface area contributed by atoms with E-state index in [-0.39, 0.29) is 53.4 Å². The van der Waals surface area contributed by atoms with Crippen LogP contribution in [-0.2, 0) is 24.8 Å². The van der Waals surface area contributed by atoms with Crippen LogP contribution in [0.15, 0.2) is 47.4 Å². The summed E-state index contributed by atoms with van der Waals surface area (Å²) in [6, 6.07) is 10.5. The van der Waals surface area contributed by atoms with Crippen LogP contribution in [0.3, 0.4) is 0 Å². The number of benzene rings is 2. The van der Waals surface area contributed by atoms with Crippen molar-refractivity contribution >= 4 is 31.6 Å². The lowest BCUT2D eigenvalue weighted by Gasteiger charge is -2.34. The lowest BCUT2D eigenvalue weighted by Crippen LogP contribution is -2.48. The number of sulfonamides is 2. The minimum absolute atomic E-state index is 0.0462. The van der Waals surface area contributed by atoms with Gasteiger partial charge in [0.2, 0.25) is 10.0 Å². The minimum Gasteiger partial charge on any atom is -0.491 e. The summed E-state index contributed by atoms with van der Waals surface area (Å²) in [6.45, 7) is 5.67. The molecule has 1 N–H and O–H groups in total. The van der Waals surface area contributed by atoms with E-state index in [2.05, 4.69) is 4.72 Å². The summed E-state index contributed by atoms with van der Waals surface area (Å²) in [5.74, 6) is -0.384. The number of hydrogen-bond acceptors (Lipinski definition) is 7. The third-order valence-corrected chi connectivity index (χ3v) is 9.35. The van der Waals surface area contributed by atoms with Gasteiger partial charge in [0.1, 0.15) is 12.4 Å². The molecule has 0 saturated heterocycles. The number of hydrogen-bond donors (Lipinski definition) is 1. The Kier molecular flexibility index (Phi) is 8.89. The van der Waals surface area contributed by atoms with E-state index < -0.39 is 32.2 Å². The predicted octanol–water partition coefficient (Wildman–Crippen LogP) is 2.56. The van der Waals surface area contributed by atoms with Crippen molar-refractivity contribution in [2.45, 2.75) is 37.8 Å². The molecule has 204 valence electrons. The van der Waals surface area contributed by atoms with Crippen molar-refractivity contribution in [3.05, 3.63) is 53.6 Å². The monoisotopic (exact) mass is 553 g/mol. The molecule has 1 heterocycles. The molecular formula is C25H35N3O7S2. The van der Waals surface area contributed by atoms with Gasteiger partial charge in [0, 0.05) is 33.3 Å². The van der Waals surface area contributed by atoms with Crippen LogP contribution in [0.2, 0.25) is 0 Å². The Labute approximate surface area is 219 Å². The first kappa shape index (κ1) is 28.9. The van der Waals surface area contributed by atoms with Crippen molar-refractivity contribution in [1.82, 2.24) is 9.21 Å². The first-order chi connectivity index (χ1) is 17.2. The number of fused-ring (bicyclic) bond motifs is 1. The molecule has 2 aromatic rings. The molecule has 0 unspecified atom stereocenters. The Morgan fingerprint density at radius 1 is 1.05 bits per heavy atom. The third kappa shape index (κ3) is 6.81. The topological polar surface area (TPSA) is 122 Å². The Balaban J connectivity index is 2.02. The zero-order chi connectivity index (χ0) is 27.5. The maximum atomic E-state index is 13.3. The Bertz CT molecular complexity index is 1350. The number of amides is 1. The van der Waals surface area contributed by atoms with Gasteiger partial charge in [-0.25, -0.2) is 16.8 Å². The van der Waals surface area contributed by atoms with Crippen molar-refractivity contribution in [3.63, 3.8) is 0 Å². The number of likely N-dealkylation sites (N-methyl/N-ethyl adjacent to an activating group) is 1. The molecule has 0 bridgehead atoms. The van der Waals surface area contributed by atoms with E-state index in [9.17, 15) is 21.6 Å². The average Bonchev–Trinajstić information content (AvgIpc) is 2.82. The molecule has 3 atom stereocenters. The van der Waals surface area contributed by atoms with Crippen molar-refractivity contribution in [3.8, 4) is 5.75 Å². The van der Waals surface area contributed by atoms with Crippen LogP contribution in [0.4, 0.5) is 5.69 Å². The number of nitrogens with one attached hydrogen (secondary N) is 1. The van der Waals surface area contributed by atoms with Gasteiger partial charge in [-0.1, -0.05) is 25.1 Å². The number of carbonyl (C=O) groups is 1. The SMILES string of the molecule is CO[C@@H]1CN(C)C(=O)c2ccc(NS(=O)(=O)c3ccccc3C)cc2OC[C@H](C)N(S(C)(=O)=O)C[C@H]1C. The second-order valence-corrected chi connectivity index (χ2v) is 13.1. The molecule has 1 aliphatic heterocycles. The van der Waals surface area contributed by atoms with Crippen LogP contribution < -0.4 is 9.46 Å². The highest BCUT2D eigenvalue weighted by Crippen LogP contribution is 2.29. The van der Waals surface area contributed by atoms with Gasteiger partial charge in [-0.3, -0.25) is 9.52 Å². The van der Waals surface area contributed by atoms with Crippen LogP contribution in [0.5, 0.6) is 5.75 Å². The molecule has 2 aromatic carbocycles. The molecule has 10 nitrogen and oxygen atoms in total. The zero-order valence-corrected chi connectivity index (χ0v) is 23.6. The molecular weight excluding hydrogens is 518 g/mol. The van der Waals surface area contributed by atoms with Crippen molar-refractivity contribution < 1.29 is 31.1 Å². The summed E-state index contributed by atoms with van der Waals surface area (Å²) in [7, 11) is -4.31. The highest BCUT2D eigenvalue weighted by atomic mass is 32.2. The minimum atomic E-state index is -3.90. The first-order valence-electron chi connectivity index (χ1n) is 11.8. The third-order valence-electron chi connectivity index (χ3n) is 6.45. The summed E-state index contributed by atoms with van der Waals surface area (Å²) >= 11 is 0. The number of methoxy groups -OCH3 is 1. The van der Waals surface area contributed by atoms with E-state index in [1.54, 1.807) is 39.1 Å². The number of ether oxygens (including phenoxy) is 2. The molecule has 0 spiro atoms. The molecule has 0 saturated carbocycles. The first-order valence-corrected chi connectivity index (χ1v) is 15.2. The molecule has 1 amide bonds. The van der Waals surface area contributed by atoms with Gasteiger partial charge in [-0.15, -0.1) is 0 Å². The Morgan fingerprint density at radius 2 is 1.73 bits per heavy atom. The predicted molar refractivity (Wildman–Crippen MR) is 142 cm³/mol. The van der Waals surface area contributed by atoms with Gasteiger partial charge in [0.25, 0.3) is 15.9 Å². The largest absolute Gasteiger partial charge is 0.491 e. The standard InChI is InChI=1S/C25H35N3O7S2/c1-17-9-7-8-10-24(17)37(32,33)26-20-11-12-21-22(13-20)35-16-19(3)28(36(6,30)31)14-18(2)23(34-5)15-27(4)25(21)29/h7-13,18-19,23,26H,14-16H2,1-6H3/t18-,19+,23-/m1/s1. The smallest absolute Gasteiger partial charge is 0.262 e. The maximum Gasteiger partial charge on any atom is 0.262 e. The normalized spacial score (nSPS) is 22.4. The second-order valence-electron chi connectivity index (χ2n) is 9.51. The highest BCUT2D eigenvalue weighted by Gasteiger charge is 2.32. The summed E-state index contributed by atoms with van der Waals surface area (Å²) in [5.41, 5.74) is 1.02. The zero-order valence-electron chi connectivity index (χ0n) is 22.0. The number of anilines is 1. The fraction of sp³-hybridized carbons (Fsp3) is 0.480. The summed E-state index contributed by atoms with van der Waals surface area (Å²) < 4.78 is 66.7. The van der Waals surface area contributed by atoms with Gasteiger partial charge < -0.3 is 14.4 Å². The molecule has 0 fully saturated rings. The fourth-order valence-corrected chi connectivity index (χ4v) is 6.85. The summed E-state index contributed by atoms with van der Waals surface area (Å²) in [4.78, 5) is 15.0. The van der Waals surface area contributed by atoms with E-state index in [1.807, 2.05) is 6.92 Å². The molecule has 37 heavy (non-hydrogen) atoms. The van der Waals surface area contributed by atoms with Gasteiger partial charge in [0.05, 0.1) is 34.5 Å². The molecule has 0 aliphatic carbocycles. The Hall–Kier alpha value is -2.67. The van der Waals surface area contributed by atoms with Crippen LogP contribution in [0.25, 0.3) is 0 Å². The summed E-state index contributed by atoms with van der Waals surface area (Å²) in [5, 5.41) is 0. The Morgan fingerprint density at radius 3 is 2.35 bits per heavy atom. The lowest BCUT2D eigenvalue weighted by molar-refractivity contribution is 0.0213.